The third kappa shape index (κ3) is 3.85. The third-order valence-corrected chi connectivity index (χ3v) is 4.35. The van der Waals surface area contributed by atoms with Gasteiger partial charge in [-0.3, -0.25) is 0 Å². The summed E-state index contributed by atoms with van der Waals surface area (Å²) in [5.74, 6) is 0. The van der Waals surface area contributed by atoms with Crippen LogP contribution in [0, 0.1) is 11.3 Å². The Labute approximate surface area is 146 Å². The number of nitrogens with one attached hydrogen (secondary N) is 1. The molecule has 120 valence electrons. The fraction of sp³-hybridized carbons (Fsp3) is 0.158. The molecule has 4 nitrogen and oxygen atoms in total. The van der Waals surface area contributed by atoms with E-state index in [1.54, 1.807) is 0 Å². The molecule has 0 aliphatic carbocycles. The van der Waals surface area contributed by atoms with Crippen LogP contribution in [0.3, 0.4) is 0 Å². The van der Waals surface area contributed by atoms with Crippen LogP contribution in [0.1, 0.15) is 11.3 Å². The molecule has 1 N–H and O–H groups in total. The molecule has 3 aromatic rings. The van der Waals surface area contributed by atoms with E-state index in [9.17, 15) is 0 Å². The largest absolute Gasteiger partial charge is 0.324 e. The second-order valence-electron chi connectivity index (χ2n) is 5.76. The van der Waals surface area contributed by atoms with Crippen LogP contribution in [0.2, 0.25) is 0 Å². The van der Waals surface area contributed by atoms with E-state index in [1.165, 1.54) is 11.9 Å². The van der Waals surface area contributed by atoms with Crippen LogP contribution in [-0.4, -0.2) is 24.0 Å². The van der Waals surface area contributed by atoms with Gasteiger partial charge in [-0.15, -0.1) is 0 Å². The first-order valence-electron chi connectivity index (χ1n) is 7.62. The number of nitrogens with zero attached hydrogens (tertiary/aromatic N) is 3. The van der Waals surface area contributed by atoms with Crippen molar-refractivity contribution >= 4 is 28.5 Å². The normalized spacial score (nSPS) is 10.8. The summed E-state index contributed by atoms with van der Waals surface area (Å²) in [5, 5.41) is 9.97. The van der Waals surface area contributed by atoms with Crippen LogP contribution in [0.25, 0.3) is 10.9 Å². The van der Waals surface area contributed by atoms with Gasteiger partial charge in [0.1, 0.15) is 0 Å². The minimum absolute atomic E-state index is 0.666. The Kier molecular flexibility index (Phi) is 4.99. The number of anilines is 1. The van der Waals surface area contributed by atoms with E-state index >= 15 is 0 Å². The highest BCUT2D eigenvalue weighted by Gasteiger charge is 2.05. The smallest absolute Gasteiger partial charge is 0.0991 e. The van der Waals surface area contributed by atoms with Crippen LogP contribution in [0.15, 0.2) is 59.5 Å². The van der Waals surface area contributed by atoms with E-state index in [4.69, 9.17) is 10.2 Å². The molecule has 0 fully saturated rings. The molecule has 0 unspecified atom stereocenters. The Morgan fingerprint density at radius 2 is 1.88 bits per heavy atom. The molecule has 5 heteroatoms. The average Bonchev–Trinajstić information content (AvgIpc) is 2.60. The molecular formula is C19H18N4S. The van der Waals surface area contributed by atoms with Crippen molar-refractivity contribution in [3.8, 4) is 6.07 Å². The molecule has 0 bridgehead atoms. The van der Waals surface area contributed by atoms with Crippen LogP contribution >= 0.6 is 11.9 Å². The molecule has 0 spiro atoms. The molecule has 0 radical (unpaired) electrons. The van der Waals surface area contributed by atoms with Crippen molar-refractivity contribution in [3.05, 3.63) is 65.9 Å². The predicted molar refractivity (Wildman–Crippen MR) is 99.8 cm³/mol. The van der Waals surface area contributed by atoms with Gasteiger partial charge in [-0.25, -0.2) is 4.98 Å². The molecule has 3 rings (SSSR count). The molecule has 0 atom stereocenters. The average molecular weight is 334 g/mol. The summed E-state index contributed by atoms with van der Waals surface area (Å²) in [6, 6.07) is 19.9. The lowest BCUT2D eigenvalue weighted by Crippen LogP contribution is -2.11. The zero-order valence-electron chi connectivity index (χ0n) is 13.7. The first-order chi connectivity index (χ1) is 11.7. The summed E-state index contributed by atoms with van der Waals surface area (Å²) >= 11 is 1.52. The first kappa shape index (κ1) is 16.3. The van der Waals surface area contributed by atoms with Gasteiger partial charge in [-0.1, -0.05) is 18.2 Å². The van der Waals surface area contributed by atoms with E-state index in [2.05, 4.69) is 33.9 Å². The van der Waals surface area contributed by atoms with Gasteiger partial charge in [0.05, 0.1) is 28.5 Å². The maximum atomic E-state index is 8.86. The van der Waals surface area contributed by atoms with Crippen molar-refractivity contribution in [2.75, 3.05) is 18.8 Å². The summed E-state index contributed by atoms with van der Waals surface area (Å²) in [6.45, 7) is 0.813. The van der Waals surface area contributed by atoms with Crippen molar-refractivity contribution in [3.63, 3.8) is 0 Å². The van der Waals surface area contributed by atoms with Crippen molar-refractivity contribution in [2.45, 2.75) is 11.4 Å². The second-order valence-corrected chi connectivity index (χ2v) is 6.64. The quantitative estimate of drug-likeness (QED) is 0.706. The van der Waals surface area contributed by atoms with Crippen LogP contribution < -0.4 is 4.72 Å². The molecule has 0 saturated carbocycles. The zero-order chi connectivity index (χ0) is 16.9. The number of para-hydroxylation sites is 1. The number of pyridine rings is 1. The Hall–Kier alpha value is -2.55. The molecule has 1 heterocycles. The van der Waals surface area contributed by atoms with E-state index in [1.807, 2.05) is 50.5 Å². The maximum Gasteiger partial charge on any atom is 0.0991 e. The minimum atomic E-state index is 0.666. The van der Waals surface area contributed by atoms with E-state index in [0.29, 0.717) is 5.56 Å². The van der Waals surface area contributed by atoms with Crippen LogP contribution in [-0.2, 0) is 6.54 Å². The Balaban J connectivity index is 1.83. The van der Waals surface area contributed by atoms with Gasteiger partial charge in [0.2, 0.25) is 0 Å². The van der Waals surface area contributed by atoms with Crippen molar-refractivity contribution < 1.29 is 0 Å². The molecule has 0 saturated heterocycles. The van der Waals surface area contributed by atoms with Gasteiger partial charge in [-0.05, 0) is 62.4 Å². The van der Waals surface area contributed by atoms with Gasteiger partial charge < -0.3 is 9.62 Å². The number of fused-ring (bicyclic) bond motifs is 1. The molecule has 0 aliphatic heterocycles. The zero-order valence-corrected chi connectivity index (χ0v) is 14.5. The van der Waals surface area contributed by atoms with Gasteiger partial charge >= 0.3 is 0 Å². The minimum Gasteiger partial charge on any atom is -0.324 e. The lowest BCUT2D eigenvalue weighted by atomic mass is 10.2. The van der Waals surface area contributed by atoms with Crippen LogP contribution in [0.5, 0.6) is 0 Å². The summed E-state index contributed by atoms with van der Waals surface area (Å²) in [7, 11) is 4.08. The van der Waals surface area contributed by atoms with E-state index in [-0.39, 0.29) is 0 Å². The standard InChI is InChI=1S/C19H18N4S/c1-23(2)13-16-9-8-15-4-3-5-18(19(15)21-16)22-24-17-10-6-14(12-20)7-11-17/h3-11,22H,13H2,1-2H3. The number of benzene rings is 2. The lowest BCUT2D eigenvalue weighted by Gasteiger charge is -2.12. The van der Waals surface area contributed by atoms with E-state index in [0.717, 1.165) is 33.7 Å². The summed E-state index contributed by atoms with van der Waals surface area (Å²) in [6.07, 6.45) is 0. The maximum absolute atomic E-state index is 8.86. The number of hydrogen-bond donors (Lipinski definition) is 1. The molecule has 0 amide bonds. The highest BCUT2D eigenvalue weighted by molar-refractivity contribution is 8.00. The van der Waals surface area contributed by atoms with Crippen LogP contribution in [0.4, 0.5) is 5.69 Å². The number of rotatable bonds is 5. The van der Waals surface area contributed by atoms with Crippen molar-refractivity contribution in [1.29, 1.82) is 5.26 Å². The highest BCUT2D eigenvalue weighted by Crippen LogP contribution is 2.27. The highest BCUT2D eigenvalue weighted by atomic mass is 32.2. The fourth-order valence-corrected chi connectivity index (χ4v) is 3.06. The summed E-state index contributed by atoms with van der Waals surface area (Å²) in [5.41, 5.74) is 3.67. The molecule has 2 aromatic carbocycles. The molecular weight excluding hydrogens is 316 g/mol. The van der Waals surface area contributed by atoms with E-state index < -0.39 is 0 Å². The van der Waals surface area contributed by atoms with Crippen molar-refractivity contribution in [2.24, 2.45) is 0 Å². The third-order valence-electron chi connectivity index (χ3n) is 3.52. The summed E-state index contributed by atoms with van der Waals surface area (Å²) < 4.78 is 3.38. The first-order valence-corrected chi connectivity index (χ1v) is 8.44. The molecule has 24 heavy (non-hydrogen) atoms. The van der Waals surface area contributed by atoms with Crippen molar-refractivity contribution in [1.82, 2.24) is 9.88 Å². The number of aromatic nitrogens is 1. The molecule has 0 aliphatic rings. The number of nitriles is 1. The molecule has 1 aromatic heterocycles. The topological polar surface area (TPSA) is 52.0 Å². The lowest BCUT2D eigenvalue weighted by molar-refractivity contribution is 0.397. The predicted octanol–water partition coefficient (Wildman–Crippen LogP) is 4.29. The number of hydrogen-bond acceptors (Lipinski definition) is 5. The summed E-state index contributed by atoms with van der Waals surface area (Å²) in [4.78, 5) is 7.95. The monoisotopic (exact) mass is 334 g/mol. The Bertz CT molecular complexity index is 882. The van der Waals surface area contributed by atoms with Gasteiger partial charge in [-0.2, -0.15) is 5.26 Å². The van der Waals surface area contributed by atoms with Gasteiger partial charge in [0, 0.05) is 16.8 Å². The second kappa shape index (κ2) is 7.35. The fourth-order valence-electron chi connectivity index (χ4n) is 2.39. The van der Waals surface area contributed by atoms with Gasteiger partial charge in [0.15, 0.2) is 0 Å². The SMILES string of the molecule is CN(C)Cc1ccc2cccc(NSc3ccc(C#N)cc3)c2n1. The Morgan fingerprint density at radius 3 is 2.58 bits per heavy atom. The van der Waals surface area contributed by atoms with Gasteiger partial charge in [0.25, 0.3) is 0 Å². The Morgan fingerprint density at radius 1 is 1.08 bits per heavy atom.